The van der Waals surface area contributed by atoms with Crippen LogP contribution in [0.4, 0.5) is 3.89 Å². The van der Waals surface area contributed by atoms with Crippen LogP contribution in [0.25, 0.3) is 0 Å². The maximum absolute atomic E-state index is 10.6. The molecule has 0 aromatic carbocycles. The zero-order valence-electron chi connectivity index (χ0n) is 1.77. The Morgan fingerprint density at radius 3 is 2.00 bits per heavy atom. The van der Waals surface area contributed by atoms with Gasteiger partial charge in [-0.25, -0.2) is 5.14 Å². The molecular formula is H2FNS2. The molecule has 0 aromatic heterocycles. The van der Waals surface area contributed by atoms with Crippen LogP contribution in [-0.2, 0) is 21.2 Å². The van der Waals surface area contributed by atoms with E-state index in [0.29, 0.717) is 0 Å². The molecule has 0 saturated heterocycles. The van der Waals surface area contributed by atoms with Crippen LogP contribution in [0, 0.1) is 0 Å². The Labute approximate surface area is 31.0 Å². The van der Waals surface area contributed by atoms with E-state index in [1.807, 2.05) is 0 Å². The van der Waals surface area contributed by atoms with Crippen LogP contribution >= 0.6 is 0 Å². The lowest BCUT2D eigenvalue weighted by Crippen LogP contribution is -1.87. The maximum Gasteiger partial charge on any atom is 0.125 e. The van der Waals surface area contributed by atoms with Gasteiger partial charge in [-0.05, 0) is 11.2 Å². The molecular weight excluding hydrogens is 97.1 g/mol. The number of rotatable bonds is 0. The Hall–Kier alpha value is 0.460. The van der Waals surface area contributed by atoms with Gasteiger partial charge in [-0.2, -0.15) is 0 Å². The number of nitrogens with two attached hydrogens (primary N) is 1. The van der Waals surface area contributed by atoms with E-state index in [0.717, 1.165) is 0 Å². The highest BCUT2D eigenvalue weighted by molar-refractivity contribution is 8.24. The fraction of sp³-hybridized carbons (Fsp3) is 0. The quantitative estimate of drug-likeness (QED) is 0.426. The highest BCUT2D eigenvalue weighted by Crippen LogP contribution is 1.57. The molecule has 0 rings (SSSR count). The summed E-state index contributed by atoms with van der Waals surface area (Å²) in [7, 11) is -1.78. The molecule has 26 valence electrons. The Morgan fingerprint density at radius 1 is 2.00 bits per heavy atom. The predicted octanol–water partition coefficient (Wildman–Crippen LogP) is -0.175. The minimum Gasteiger partial charge on any atom is -0.248 e. The second-order valence-electron chi connectivity index (χ2n) is 0.248. The molecule has 0 spiro atoms. The van der Waals surface area contributed by atoms with E-state index in [9.17, 15) is 3.89 Å². The van der Waals surface area contributed by atoms with Crippen molar-refractivity contribution in [3.63, 3.8) is 0 Å². The summed E-state index contributed by atoms with van der Waals surface area (Å²) in [6.45, 7) is 0. The summed E-state index contributed by atoms with van der Waals surface area (Å²) in [5.41, 5.74) is 0. The van der Waals surface area contributed by atoms with E-state index >= 15 is 0 Å². The van der Waals surface area contributed by atoms with Crippen molar-refractivity contribution in [3.05, 3.63) is 0 Å². The van der Waals surface area contributed by atoms with Crippen LogP contribution in [0.5, 0.6) is 0 Å². The first kappa shape index (κ1) is 4.46. The van der Waals surface area contributed by atoms with Gasteiger partial charge < -0.3 is 0 Å². The Morgan fingerprint density at radius 2 is 2.00 bits per heavy atom. The highest BCUT2D eigenvalue weighted by Gasteiger charge is 1.57. The van der Waals surface area contributed by atoms with Gasteiger partial charge in [-0.1, -0.05) is 0 Å². The van der Waals surface area contributed by atoms with Gasteiger partial charge in [0.1, 0.15) is 10.0 Å². The third-order valence-corrected chi connectivity index (χ3v) is 0. The van der Waals surface area contributed by atoms with Gasteiger partial charge in [0, 0.05) is 0 Å². The summed E-state index contributed by atoms with van der Waals surface area (Å²) in [6.07, 6.45) is 0. The van der Waals surface area contributed by atoms with Gasteiger partial charge in [0.15, 0.2) is 0 Å². The molecule has 0 amide bonds. The van der Waals surface area contributed by atoms with Gasteiger partial charge in [0.05, 0.1) is 0 Å². The zero-order chi connectivity index (χ0) is 3.58. The van der Waals surface area contributed by atoms with Gasteiger partial charge in [0.25, 0.3) is 0 Å². The van der Waals surface area contributed by atoms with Crippen LogP contribution in [0.2, 0.25) is 0 Å². The molecule has 0 aromatic rings. The van der Waals surface area contributed by atoms with Crippen molar-refractivity contribution in [1.82, 2.24) is 0 Å². The Kier molecular flexibility index (Phi) is 1.95. The van der Waals surface area contributed by atoms with Crippen molar-refractivity contribution in [1.29, 1.82) is 0 Å². The predicted molar refractivity (Wildman–Crippen MR) is 20.0 cm³/mol. The highest BCUT2D eigenvalue weighted by atomic mass is 32.8. The summed E-state index contributed by atoms with van der Waals surface area (Å²) in [4.78, 5) is 0. The van der Waals surface area contributed by atoms with E-state index in [1.54, 1.807) is 0 Å². The summed E-state index contributed by atoms with van der Waals surface area (Å²) in [5, 5.41) is 4.29. The van der Waals surface area contributed by atoms with Crippen molar-refractivity contribution >= 4 is 21.2 Å². The topological polar surface area (TPSA) is 26.0 Å². The molecule has 0 aliphatic carbocycles. The van der Waals surface area contributed by atoms with E-state index in [2.05, 4.69) is 16.3 Å². The third-order valence-electron chi connectivity index (χ3n) is 0. The molecule has 1 unspecified atom stereocenters. The van der Waals surface area contributed by atoms with Crippen molar-refractivity contribution in [2.45, 2.75) is 0 Å². The summed E-state index contributed by atoms with van der Waals surface area (Å²) >= 11 is 3.76. The molecule has 0 aliphatic rings. The summed E-state index contributed by atoms with van der Waals surface area (Å²) < 4.78 is 10.6. The molecule has 4 heavy (non-hydrogen) atoms. The number of hydrogen-bond acceptors (Lipinski definition) is 1. The monoisotopic (exact) mass is 99.0 g/mol. The molecule has 4 heteroatoms. The fourth-order valence-corrected chi connectivity index (χ4v) is 0. The van der Waals surface area contributed by atoms with Crippen LogP contribution in [0.15, 0.2) is 0 Å². The first-order valence-electron chi connectivity index (χ1n) is 0.557. The SMILES string of the molecule is NS(F)=S. The van der Waals surface area contributed by atoms with Gasteiger partial charge in [-0.3, -0.25) is 0 Å². The molecule has 0 heterocycles. The molecule has 1 nitrogen and oxygen atoms in total. The lowest BCUT2D eigenvalue weighted by Gasteiger charge is -1.61. The standard InChI is InChI=1S/FH2NS2/c1-4(2)3/h2H2. The average Bonchev–Trinajstić information content (AvgIpc) is 0.811. The summed E-state index contributed by atoms with van der Waals surface area (Å²) in [6, 6.07) is 0. The smallest absolute Gasteiger partial charge is 0.125 e. The van der Waals surface area contributed by atoms with Gasteiger partial charge in [0.2, 0.25) is 0 Å². The number of hydrogen-bond donors (Lipinski definition) is 1. The fourth-order valence-electron chi connectivity index (χ4n) is 0. The van der Waals surface area contributed by atoms with Gasteiger partial charge in [-0.15, -0.1) is 3.89 Å². The van der Waals surface area contributed by atoms with Crippen molar-refractivity contribution in [3.8, 4) is 0 Å². The maximum atomic E-state index is 10.6. The molecule has 0 aliphatic heterocycles. The minimum atomic E-state index is -1.78. The lowest BCUT2D eigenvalue weighted by atomic mass is 14.0. The first-order chi connectivity index (χ1) is 1.73. The van der Waals surface area contributed by atoms with Crippen LogP contribution < -0.4 is 5.14 Å². The second kappa shape index (κ2) is 1.75. The first-order valence-corrected chi connectivity index (χ1v) is 2.67. The Balaban J connectivity index is 2.80. The molecule has 1 atom stereocenters. The zero-order valence-corrected chi connectivity index (χ0v) is 3.40. The number of halogens is 1. The largest absolute Gasteiger partial charge is 0.248 e. The normalized spacial score (nSPS) is 15.5. The van der Waals surface area contributed by atoms with Crippen LogP contribution in [-0.4, -0.2) is 0 Å². The van der Waals surface area contributed by atoms with E-state index in [-0.39, 0.29) is 0 Å². The molecule has 0 fully saturated rings. The second-order valence-corrected chi connectivity index (χ2v) is 1.70. The lowest BCUT2D eigenvalue weighted by molar-refractivity contribution is 0.930. The molecule has 2 N–H and O–H groups in total. The Bertz CT molecular complexity index is 29.0. The van der Waals surface area contributed by atoms with Crippen molar-refractivity contribution in [2.75, 3.05) is 0 Å². The molecule has 0 saturated carbocycles. The minimum absolute atomic E-state index is 1.78. The summed E-state index contributed by atoms with van der Waals surface area (Å²) in [5.74, 6) is 0. The third kappa shape index (κ3) is 24.8. The van der Waals surface area contributed by atoms with Crippen LogP contribution in [0.3, 0.4) is 0 Å². The van der Waals surface area contributed by atoms with E-state index in [4.69, 9.17) is 0 Å². The van der Waals surface area contributed by atoms with E-state index < -0.39 is 10.0 Å². The van der Waals surface area contributed by atoms with Gasteiger partial charge >= 0.3 is 0 Å². The molecule has 0 radical (unpaired) electrons. The van der Waals surface area contributed by atoms with Crippen molar-refractivity contribution in [2.24, 2.45) is 5.14 Å². The van der Waals surface area contributed by atoms with Crippen LogP contribution in [0.1, 0.15) is 0 Å². The average molecular weight is 99.2 g/mol. The molecule has 0 bridgehead atoms. The van der Waals surface area contributed by atoms with Crippen molar-refractivity contribution < 1.29 is 3.89 Å². The van der Waals surface area contributed by atoms with E-state index in [1.165, 1.54) is 0 Å².